The van der Waals surface area contributed by atoms with Crippen LogP contribution in [0, 0.1) is 0 Å². The van der Waals surface area contributed by atoms with Gasteiger partial charge >= 0.3 is 0 Å². The van der Waals surface area contributed by atoms with Crippen molar-refractivity contribution in [2.75, 3.05) is 5.75 Å². The maximum absolute atomic E-state index is 9.98. The zero-order valence-electron chi connectivity index (χ0n) is 14.0. The zero-order valence-corrected chi connectivity index (χ0v) is 15.8. The highest BCUT2D eigenvalue weighted by Crippen LogP contribution is 2.25. The summed E-state index contributed by atoms with van der Waals surface area (Å²) in [6.45, 7) is 3.24. The molecule has 25 heavy (non-hydrogen) atoms. The Balaban J connectivity index is 2.82. The molecule has 1 rings (SSSR count). The average Bonchev–Trinajstić information content (AvgIpc) is 2.52. The number of ether oxygens (including phenoxy) is 3. The molecule has 6 N–H and O–H groups in total. The SMILES string of the molecule is CC(S)CC(OC(O[C@@H]1O[C@H](CS)C(O)C(O)C1O)C(O)O)[C@H](C)O. The van der Waals surface area contributed by atoms with E-state index in [4.69, 9.17) is 14.2 Å². The summed E-state index contributed by atoms with van der Waals surface area (Å²) in [7, 11) is 0. The molecule has 0 aromatic carbocycles. The van der Waals surface area contributed by atoms with E-state index in [9.17, 15) is 30.6 Å². The first-order valence-corrected chi connectivity index (χ1v) is 9.07. The predicted octanol–water partition coefficient (Wildman–Crippen LogP) is -2.15. The molecule has 1 saturated heterocycles. The van der Waals surface area contributed by atoms with E-state index in [1.165, 1.54) is 6.92 Å². The lowest BCUT2D eigenvalue weighted by molar-refractivity contribution is -0.367. The summed E-state index contributed by atoms with van der Waals surface area (Å²) in [5.41, 5.74) is 0. The Labute approximate surface area is 157 Å². The van der Waals surface area contributed by atoms with Crippen LogP contribution in [0.3, 0.4) is 0 Å². The smallest absolute Gasteiger partial charge is 0.212 e. The van der Waals surface area contributed by atoms with Gasteiger partial charge in [0.1, 0.15) is 18.3 Å². The molecule has 150 valence electrons. The van der Waals surface area contributed by atoms with Gasteiger partial charge in [0.15, 0.2) is 6.29 Å². The normalized spacial score (nSPS) is 35.4. The lowest BCUT2D eigenvalue weighted by Gasteiger charge is -2.41. The molecule has 1 aliphatic rings. The largest absolute Gasteiger partial charge is 0.391 e. The number of hydrogen-bond donors (Lipinski definition) is 8. The number of aliphatic hydroxyl groups is 6. The third-order valence-electron chi connectivity index (χ3n) is 3.78. The number of rotatable bonds is 9. The van der Waals surface area contributed by atoms with Crippen LogP contribution in [0.5, 0.6) is 0 Å². The van der Waals surface area contributed by atoms with E-state index in [1.54, 1.807) is 6.92 Å². The Morgan fingerprint density at radius 2 is 1.64 bits per heavy atom. The van der Waals surface area contributed by atoms with E-state index in [-0.39, 0.29) is 11.0 Å². The maximum Gasteiger partial charge on any atom is 0.212 e. The molecular weight excluding hydrogens is 376 g/mol. The van der Waals surface area contributed by atoms with Crippen molar-refractivity contribution in [1.82, 2.24) is 0 Å². The van der Waals surface area contributed by atoms with E-state index >= 15 is 0 Å². The average molecular weight is 405 g/mol. The lowest BCUT2D eigenvalue weighted by Crippen LogP contribution is -2.60. The monoisotopic (exact) mass is 404 g/mol. The molecule has 0 amide bonds. The first-order valence-electron chi connectivity index (χ1n) is 7.92. The van der Waals surface area contributed by atoms with Crippen molar-refractivity contribution >= 4 is 25.3 Å². The van der Waals surface area contributed by atoms with Crippen LogP contribution in [-0.4, -0.2) is 97.1 Å². The fourth-order valence-electron chi connectivity index (χ4n) is 2.36. The number of thiol groups is 2. The Kier molecular flexibility index (Phi) is 9.93. The van der Waals surface area contributed by atoms with Crippen LogP contribution in [0.15, 0.2) is 0 Å². The van der Waals surface area contributed by atoms with E-state index < -0.39 is 55.5 Å². The summed E-state index contributed by atoms with van der Waals surface area (Å²) in [6, 6.07) is 0. The fraction of sp³-hybridized carbons (Fsp3) is 1.00. The van der Waals surface area contributed by atoms with Crippen molar-refractivity contribution < 1.29 is 44.8 Å². The molecule has 9 nitrogen and oxygen atoms in total. The summed E-state index contributed by atoms with van der Waals surface area (Å²) in [4.78, 5) is 0. The minimum atomic E-state index is -2.11. The second-order valence-electron chi connectivity index (χ2n) is 6.12. The van der Waals surface area contributed by atoms with Gasteiger partial charge in [0, 0.05) is 11.0 Å². The Bertz CT molecular complexity index is 383. The highest BCUT2D eigenvalue weighted by molar-refractivity contribution is 7.80. The van der Waals surface area contributed by atoms with Crippen molar-refractivity contribution in [1.29, 1.82) is 0 Å². The van der Waals surface area contributed by atoms with Crippen LogP contribution in [0.1, 0.15) is 20.3 Å². The molecule has 6 unspecified atom stereocenters. The van der Waals surface area contributed by atoms with Gasteiger partial charge in [0.25, 0.3) is 0 Å². The maximum atomic E-state index is 9.98. The van der Waals surface area contributed by atoms with Gasteiger partial charge in [-0.15, -0.1) is 0 Å². The predicted molar refractivity (Wildman–Crippen MR) is 93.3 cm³/mol. The molecule has 9 atom stereocenters. The Morgan fingerprint density at radius 3 is 2.08 bits per heavy atom. The fourth-order valence-corrected chi connectivity index (χ4v) is 2.87. The van der Waals surface area contributed by atoms with Crippen LogP contribution < -0.4 is 0 Å². The van der Waals surface area contributed by atoms with Gasteiger partial charge in [-0.25, -0.2) is 0 Å². The van der Waals surface area contributed by atoms with Crippen molar-refractivity contribution in [2.45, 2.75) is 81.0 Å². The first kappa shape index (κ1) is 23.4. The lowest BCUT2D eigenvalue weighted by atomic mass is 10.00. The number of hydrogen-bond acceptors (Lipinski definition) is 11. The summed E-state index contributed by atoms with van der Waals surface area (Å²) >= 11 is 8.19. The van der Waals surface area contributed by atoms with Gasteiger partial charge in [0.05, 0.1) is 18.3 Å². The van der Waals surface area contributed by atoms with Gasteiger partial charge in [-0.2, -0.15) is 25.3 Å². The van der Waals surface area contributed by atoms with E-state index in [2.05, 4.69) is 25.3 Å². The molecule has 0 saturated carbocycles. The highest BCUT2D eigenvalue weighted by Gasteiger charge is 2.45. The third kappa shape index (κ3) is 6.78. The van der Waals surface area contributed by atoms with Gasteiger partial charge < -0.3 is 44.8 Å². The third-order valence-corrected chi connectivity index (χ3v) is 4.35. The Morgan fingerprint density at radius 1 is 1.04 bits per heavy atom. The molecule has 1 heterocycles. The number of aliphatic hydroxyl groups excluding tert-OH is 5. The van der Waals surface area contributed by atoms with Gasteiger partial charge in [-0.05, 0) is 13.3 Å². The van der Waals surface area contributed by atoms with Crippen LogP contribution in [0.4, 0.5) is 0 Å². The molecule has 0 radical (unpaired) electrons. The van der Waals surface area contributed by atoms with Crippen molar-refractivity contribution in [3.63, 3.8) is 0 Å². The van der Waals surface area contributed by atoms with Gasteiger partial charge in [-0.1, -0.05) is 6.92 Å². The molecule has 1 fully saturated rings. The van der Waals surface area contributed by atoms with Gasteiger partial charge in [-0.3, -0.25) is 0 Å². The highest BCUT2D eigenvalue weighted by atomic mass is 32.1. The minimum absolute atomic E-state index is 0.0332. The second-order valence-corrected chi connectivity index (χ2v) is 7.36. The Hall–Kier alpha value is 0.340. The zero-order chi connectivity index (χ0) is 19.3. The summed E-state index contributed by atoms with van der Waals surface area (Å²) < 4.78 is 15.9. The molecule has 0 aliphatic carbocycles. The van der Waals surface area contributed by atoms with E-state index in [0.717, 1.165) is 0 Å². The minimum Gasteiger partial charge on any atom is -0.391 e. The van der Waals surface area contributed by atoms with Crippen molar-refractivity contribution in [3.8, 4) is 0 Å². The first-order chi connectivity index (χ1) is 11.6. The topological polar surface area (TPSA) is 149 Å². The quantitative estimate of drug-likeness (QED) is 0.159. The van der Waals surface area contributed by atoms with Crippen LogP contribution in [0.25, 0.3) is 0 Å². The van der Waals surface area contributed by atoms with Gasteiger partial charge in [0.2, 0.25) is 12.6 Å². The molecule has 0 aromatic heterocycles. The van der Waals surface area contributed by atoms with E-state index in [0.29, 0.717) is 6.42 Å². The summed E-state index contributed by atoms with van der Waals surface area (Å²) in [6.07, 6.45) is -12.3. The van der Waals surface area contributed by atoms with Crippen LogP contribution in [0.2, 0.25) is 0 Å². The molecule has 0 aromatic rings. The summed E-state index contributed by atoms with van der Waals surface area (Å²) in [5.74, 6) is 0.0332. The van der Waals surface area contributed by atoms with E-state index in [1.807, 2.05) is 0 Å². The van der Waals surface area contributed by atoms with Crippen molar-refractivity contribution in [3.05, 3.63) is 0 Å². The standard InChI is InChI=1S/C14H28O9S2/c1-5(25)3-7(6(2)15)21-14(12(19)20)23-13-11(18)10(17)9(16)8(4-24)22-13/h5-20,24-25H,3-4H2,1-2H3/t5?,6-,7?,8+,9?,10?,11?,13-,14?/m0/s1. The van der Waals surface area contributed by atoms with Crippen LogP contribution >= 0.6 is 25.3 Å². The molecule has 1 aliphatic heterocycles. The molecule has 0 bridgehead atoms. The van der Waals surface area contributed by atoms with Crippen molar-refractivity contribution in [2.24, 2.45) is 0 Å². The second kappa shape index (κ2) is 10.6. The molecule has 11 heteroatoms. The molecular formula is C14H28O9S2. The molecule has 0 spiro atoms. The summed E-state index contributed by atoms with van der Waals surface area (Å²) in [5, 5.41) is 58.2. The van der Waals surface area contributed by atoms with Crippen LogP contribution in [-0.2, 0) is 14.2 Å².